The molecule has 118 valence electrons. The first kappa shape index (κ1) is 15.3. The van der Waals surface area contributed by atoms with Crippen LogP contribution in [0.5, 0.6) is 0 Å². The molecule has 1 unspecified atom stereocenters. The number of rotatable bonds is 4. The Kier molecular flexibility index (Phi) is 3.70. The first-order valence-electron chi connectivity index (χ1n) is 7.50. The second kappa shape index (κ2) is 5.56. The summed E-state index contributed by atoms with van der Waals surface area (Å²) in [5, 5.41) is 19.8. The molecule has 2 aromatic rings. The summed E-state index contributed by atoms with van der Waals surface area (Å²) in [7, 11) is 0. The molecule has 0 amide bonds. The maximum atomic E-state index is 11.6. The fourth-order valence-corrected chi connectivity index (χ4v) is 3.46. The van der Waals surface area contributed by atoms with E-state index in [9.17, 15) is 15.0 Å². The molecule has 2 N–H and O–H groups in total. The van der Waals surface area contributed by atoms with Crippen LogP contribution in [0.1, 0.15) is 44.5 Å². The van der Waals surface area contributed by atoms with Crippen molar-refractivity contribution in [3.63, 3.8) is 0 Å². The number of benzene rings is 1. The Balaban J connectivity index is 2.29. The van der Waals surface area contributed by atoms with Crippen LogP contribution < -0.4 is 0 Å². The SMILES string of the molecule is C=CCn1c(C)c(C(=O)O)c(C)c1C1=CC(O)c2ccccc21. The van der Waals surface area contributed by atoms with Crippen molar-refractivity contribution in [2.75, 3.05) is 0 Å². The number of hydrogen-bond acceptors (Lipinski definition) is 2. The number of allylic oxidation sites excluding steroid dienone is 1. The number of carboxylic acid groups (broad SMARTS) is 1. The van der Waals surface area contributed by atoms with Crippen molar-refractivity contribution in [3.05, 3.63) is 76.6 Å². The van der Waals surface area contributed by atoms with Gasteiger partial charge < -0.3 is 14.8 Å². The molecule has 0 aliphatic heterocycles. The van der Waals surface area contributed by atoms with Crippen LogP contribution in [-0.2, 0) is 6.54 Å². The molecule has 23 heavy (non-hydrogen) atoms. The van der Waals surface area contributed by atoms with Gasteiger partial charge in [0.1, 0.15) is 0 Å². The van der Waals surface area contributed by atoms with Crippen LogP contribution in [0.15, 0.2) is 43.0 Å². The van der Waals surface area contributed by atoms with Gasteiger partial charge in [-0.25, -0.2) is 4.79 Å². The topological polar surface area (TPSA) is 62.5 Å². The minimum Gasteiger partial charge on any atom is -0.478 e. The third-order valence-electron chi connectivity index (χ3n) is 4.44. The minimum absolute atomic E-state index is 0.321. The van der Waals surface area contributed by atoms with Crippen molar-refractivity contribution in [1.29, 1.82) is 0 Å². The molecular weight excluding hydrogens is 290 g/mol. The predicted molar refractivity (Wildman–Crippen MR) is 89.5 cm³/mol. The summed E-state index contributed by atoms with van der Waals surface area (Å²) in [5.74, 6) is -0.934. The molecule has 1 aromatic heterocycles. The lowest BCUT2D eigenvalue weighted by Gasteiger charge is -2.12. The number of aliphatic hydroxyl groups is 1. The van der Waals surface area contributed by atoms with E-state index in [1.165, 1.54) is 0 Å². The van der Waals surface area contributed by atoms with Crippen LogP contribution >= 0.6 is 0 Å². The molecule has 0 radical (unpaired) electrons. The van der Waals surface area contributed by atoms with E-state index in [1.807, 2.05) is 35.8 Å². The van der Waals surface area contributed by atoms with Gasteiger partial charge in [0, 0.05) is 17.8 Å². The Labute approximate surface area is 135 Å². The summed E-state index contributed by atoms with van der Waals surface area (Å²) in [6.07, 6.45) is 2.87. The molecule has 1 aliphatic carbocycles. The lowest BCUT2D eigenvalue weighted by atomic mass is 9.99. The smallest absolute Gasteiger partial charge is 0.337 e. The Morgan fingerprint density at radius 2 is 2.04 bits per heavy atom. The fourth-order valence-electron chi connectivity index (χ4n) is 3.46. The highest BCUT2D eigenvalue weighted by Crippen LogP contribution is 2.41. The van der Waals surface area contributed by atoms with Gasteiger partial charge in [-0.05, 0) is 36.6 Å². The second-order valence-corrected chi connectivity index (χ2v) is 5.75. The summed E-state index contributed by atoms with van der Waals surface area (Å²) in [5.41, 5.74) is 5.25. The Morgan fingerprint density at radius 1 is 1.35 bits per heavy atom. The van der Waals surface area contributed by atoms with E-state index in [0.29, 0.717) is 23.4 Å². The first-order chi connectivity index (χ1) is 11.0. The standard InChI is InChI=1S/C19H19NO3/c1-4-9-20-12(3)17(19(22)23)11(2)18(20)15-10-16(21)14-8-6-5-7-13(14)15/h4-8,10,16,21H,1,9H2,2-3H3,(H,22,23). The van der Waals surface area contributed by atoms with Gasteiger partial charge in [-0.15, -0.1) is 6.58 Å². The molecule has 1 atom stereocenters. The van der Waals surface area contributed by atoms with Gasteiger partial charge in [-0.3, -0.25) is 0 Å². The largest absolute Gasteiger partial charge is 0.478 e. The number of nitrogens with zero attached hydrogens (tertiary/aromatic N) is 1. The van der Waals surface area contributed by atoms with Crippen molar-refractivity contribution < 1.29 is 15.0 Å². The third kappa shape index (κ3) is 2.23. The molecule has 1 aliphatic rings. The maximum Gasteiger partial charge on any atom is 0.337 e. The minimum atomic E-state index is -0.934. The number of fused-ring (bicyclic) bond motifs is 1. The molecule has 0 bridgehead atoms. The first-order valence-corrected chi connectivity index (χ1v) is 7.50. The number of carbonyl (C=O) groups is 1. The van der Waals surface area contributed by atoms with Gasteiger partial charge in [0.15, 0.2) is 0 Å². The average Bonchev–Trinajstić information content (AvgIpc) is 2.95. The highest BCUT2D eigenvalue weighted by Gasteiger charge is 2.29. The van der Waals surface area contributed by atoms with E-state index in [1.54, 1.807) is 19.1 Å². The van der Waals surface area contributed by atoms with Crippen molar-refractivity contribution in [2.45, 2.75) is 26.5 Å². The quantitative estimate of drug-likeness (QED) is 0.850. The molecule has 0 fully saturated rings. The summed E-state index contributed by atoms with van der Waals surface area (Å²) in [6.45, 7) is 7.92. The van der Waals surface area contributed by atoms with Crippen LogP contribution in [0.3, 0.4) is 0 Å². The molecular formula is C19H19NO3. The normalized spacial score (nSPS) is 16.1. The maximum absolute atomic E-state index is 11.6. The molecule has 0 saturated heterocycles. The van der Waals surface area contributed by atoms with Gasteiger partial charge in [0.2, 0.25) is 0 Å². The zero-order chi connectivity index (χ0) is 16.7. The van der Waals surface area contributed by atoms with E-state index in [2.05, 4.69) is 6.58 Å². The molecule has 0 saturated carbocycles. The molecule has 3 rings (SSSR count). The van der Waals surface area contributed by atoms with Crippen LogP contribution in [-0.4, -0.2) is 20.7 Å². The summed E-state index contributed by atoms with van der Waals surface area (Å²) in [4.78, 5) is 11.6. The molecule has 0 spiro atoms. The van der Waals surface area contributed by atoms with Gasteiger partial charge in [0.25, 0.3) is 0 Å². The highest BCUT2D eigenvalue weighted by molar-refractivity contribution is 5.95. The van der Waals surface area contributed by atoms with Gasteiger partial charge >= 0.3 is 5.97 Å². The number of hydrogen-bond donors (Lipinski definition) is 2. The fraction of sp³-hybridized carbons (Fsp3) is 0.211. The van der Waals surface area contributed by atoms with E-state index in [-0.39, 0.29) is 0 Å². The highest BCUT2D eigenvalue weighted by atomic mass is 16.4. The van der Waals surface area contributed by atoms with Gasteiger partial charge in [0.05, 0.1) is 17.4 Å². The number of aliphatic hydroxyl groups excluding tert-OH is 1. The van der Waals surface area contributed by atoms with Gasteiger partial charge in [-0.1, -0.05) is 30.3 Å². The van der Waals surface area contributed by atoms with Crippen LogP contribution in [0.2, 0.25) is 0 Å². The van der Waals surface area contributed by atoms with Gasteiger partial charge in [-0.2, -0.15) is 0 Å². The van der Waals surface area contributed by atoms with Crippen molar-refractivity contribution in [3.8, 4) is 0 Å². The van der Waals surface area contributed by atoms with Crippen LogP contribution in [0.25, 0.3) is 5.57 Å². The zero-order valence-electron chi connectivity index (χ0n) is 13.2. The monoisotopic (exact) mass is 309 g/mol. The lowest BCUT2D eigenvalue weighted by molar-refractivity contribution is 0.0695. The van der Waals surface area contributed by atoms with E-state index in [4.69, 9.17) is 0 Å². The van der Waals surface area contributed by atoms with Crippen LogP contribution in [0.4, 0.5) is 0 Å². The Bertz CT molecular complexity index is 843. The summed E-state index contributed by atoms with van der Waals surface area (Å²) < 4.78 is 1.95. The average molecular weight is 309 g/mol. The molecule has 4 nitrogen and oxygen atoms in total. The van der Waals surface area contributed by atoms with Crippen LogP contribution in [0, 0.1) is 13.8 Å². The Hall–Kier alpha value is -2.59. The molecule has 1 heterocycles. The molecule has 4 heteroatoms. The molecule has 1 aromatic carbocycles. The lowest BCUT2D eigenvalue weighted by Crippen LogP contribution is -2.04. The predicted octanol–water partition coefficient (Wildman–Crippen LogP) is 3.47. The van der Waals surface area contributed by atoms with E-state index >= 15 is 0 Å². The number of aromatic carboxylic acids is 1. The van der Waals surface area contributed by atoms with Crippen molar-refractivity contribution in [1.82, 2.24) is 4.57 Å². The van der Waals surface area contributed by atoms with Crippen molar-refractivity contribution >= 4 is 11.5 Å². The second-order valence-electron chi connectivity index (χ2n) is 5.75. The van der Waals surface area contributed by atoms with Crippen molar-refractivity contribution in [2.24, 2.45) is 0 Å². The Morgan fingerprint density at radius 3 is 2.70 bits per heavy atom. The third-order valence-corrected chi connectivity index (χ3v) is 4.44. The summed E-state index contributed by atoms with van der Waals surface area (Å²) >= 11 is 0. The number of aromatic nitrogens is 1. The number of carboxylic acids is 1. The zero-order valence-corrected chi connectivity index (χ0v) is 13.2. The summed E-state index contributed by atoms with van der Waals surface area (Å²) in [6, 6.07) is 7.66. The van der Waals surface area contributed by atoms with E-state index in [0.717, 1.165) is 22.4 Å². The van der Waals surface area contributed by atoms with E-state index < -0.39 is 12.1 Å².